The standard InChI is InChI=1S/C27H33F4N5O4/c1-15(2)22-13-39-26(38)36(22)23-10-11-32-25(35-23)33-16(3)17-4-9-20(21(28)12-17)24(37)34-18-5-7-19(8-6-18)40-14-27(29,30)31/h4,9-12,15-16,18-19,22H,5-8,13-14H2,1-3H3,(H,34,37)(H,32,33,35)/t16-,18?,19?,22+/m0/s1. The highest BCUT2D eigenvalue weighted by Gasteiger charge is 2.37. The van der Waals surface area contributed by atoms with Crippen molar-refractivity contribution in [2.75, 3.05) is 23.4 Å². The number of aromatic nitrogens is 2. The number of halogens is 4. The minimum atomic E-state index is -4.38. The molecule has 4 rings (SSSR count). The summed E-state index contributed by atoms with van der Waals surface area (Å²) in [5.74, 6) is -0.505. The molecule has 13 heteroatoms. The van der Waals surface area contributed by atoms with Gasteiger partial charge in [0.05, 0.1) is 23.8 Å². The molecular formula is C27H33F4N5O4. The molecule has 2 amide bonds. The minimum absolute atomic E-state index is 0.128. The van der Waals surface area contributed by atoms with Gasteiger partial charge in [-0.25, -0.2) is 14.2 Å². The van der Waals surface area contributed by atoms with Crippen molar-refractivity contribution in [1.29, 1.82) is 0 Å². The van der Waals surface area contributed by atoms with Crippen molar-refractivity contribution in [3.05, 3.63) is 47.4 Å². The molecule has 9 nitrogen and oxygen atoms in total. The first-order chi connectivity index (χ1) is 18.9. The number of alkyl halides is 3. The van der Waals surface area contributed by atoms with Crippen molar-refractivity contribution in [1.82, 2.24) is 15.3 Å². The molecule has 1 aliphatic heterocycles. The van der Waals surface area contributed by atoms with Gasteiger partial charge in [-0.05, 0) is 62.3 Å². The quantitative estimate of drug-likeness (QED) is 0.392. The van der Waals surface area contributed by atoms with E-state index >= 15 is 0 Å². The smallest absolute Gasteiger partial charge is 0.415 e. The molecule has 2 aliphatic rings. The summed E-state index contributed by atoms with van der Waals surface area (Å²) >= 11 is 0. The second-order valence-corrected chi connectivity index (χ2v) is 10.5. The van der Waals surface area contributed by atoms with Crippen molar-refractivity contribution >= 4 is 23.8 Å². The molecule has 2 aromatic rings. The number of hydrogen-bond donors (Lipinski definition) is 2. The van der Waals surface area contributed by atoms with E-state index in [1.165, 1.54) is 23.2 Å². The summed E-state index contributed by atoms with van der Waals surface area (Å²) in [6, 6.07) is 5.02. The fraction of sp³-hybridized carbons (Fsp3) is 0.556. The van der Waals surface area contributed by atoms with E-state index < -0.39 is 42.7 Å². The third-order valence-corrected chi connectivity index (χ3v) is 7.14. The average Bonchev–Trinajstić information content (AvgIpc) is 3.29. The Morgan fingerprint density at radius 3 is 2.55 bits per heavy atom. The van der Waals surface area contributed by atoms with Gasteiger partial charge in [0.25, 0.3) is 5.91 Å². The number of cyclic esters (lactones) is 1. The largest absolute Gasteiger partial charge is 0.447 e. The van der Waals surface area contributed by atoms with Gasteiger partial charge in [-0.15, -0.1) is 0 Å². The lowest BCUT2D eigenvalue weighted by Gasteiger charge is -2.29. The molecule has 1 aliphatic carbocycles. The van der Waals surface area contributed by atoms with E-state index in [2.05, 4.69) is 20.6 Å². The van der Waals surface area contributed by atoms with Gasteiger partial charge in [-0.3, -0.25) is 9.69 Å². The molecule has 0 radical (unpaired) electrons. The highest BCUT2D eigenvalue weighted by Crippen LogP contribution is 2.28. The van der Waals surface area contributed by atoms with Gasteiger partial charge in [0.15, 0.2) is 0 Å². The van der Waals surface area contributed by atoms with Crippen LogP contribution in [0.1, 0.15) is 68.4 Å². The van der Waals surface area contributed by atoms with Crippen molar-refractivity contribution in [2.45, 2.75) is 76.9 Å². The SMILES string of the molecule is CC(C)[C@H]1COC(=O)N1c1ccnc(N[C@@H](C)c2ccc(C(=O)NC3CCC(OCC(F)(F)F)CC3)c(F)c2)n1. The van der Waals surface area contributed by atoms with E-state index in [1.807, 2.05) is 13.8 Å². The maximum absolute atomic E-state index is 15.0. The van der Waals surface area contributed by atoms with Crippen LogP contribution in [0.15, 0.2) is 30.5 Å². The maximum Gasteiger partial charge on any atom is 0.415 e. The van der Waals surface area contributed by atoms with Crippen molar-refractivity contribution in [3.8, 4) is 0 Å². The van der Waals surface area contributed by atoms with Crippen molar-refractivity contribution in [2.24, 2.45) is 5.92 Å². The number of hydrogen-bond acceptors (Lipinski definition) is 7. The molecule has 1 saturated heterocycles. The Morgan fingerprint density at radius 1 is 1.18 bits per heavy atom. The van der Waals surface area contributed by atoms with E-state index in [9.17, 15) is 27.2 Å². The van der Waals surface area contributed by atoms with E-state index in [0.717, 1.165) is 0 Å². The third kappa shape index (κ3) is 7.38. The van der Waals surface area contributed by atoms with Crippen LogP contribution < -0.4 is 15.5 Å². The fourth-order valence-electron chi connectivity index (χ4n) is 4.85. The first kappa shape index (κ1) is 29.5. The van der Waals surface area contributed by atoms with Gasteiger partial charge in [-0.1, -0.05) is 19.9 Å². The summed E-state index contributed by atoms with van der Waals surface area (Å²) < 4.78 is 62.1. The van der Waals surface area contributed by atoms with E-state index in [4.69, 9.17) is 9.47 Å². The molecule has 2 N–H and O–H groups in total. The first-order valence-corrected chi connectivity index (χ1v) is 13.3. The molecule has 0 spiro atoms. The lowest BCUT2D eigenvalue weighted by atomic mass is 9.92. The van der Waals surface area contributed by atoms with Crippen LogP contribution in [-0.4, -0.2) is 59.5 Å². The Balaban J connectivity index is 1.34. The number of carbonyl (C=O) groups excluding carboxylic acids is 2. The Bertz CT molecular complexity index is 1200. The van der Waals surface area contributed by atoms with Crippen LogP contribution in [0.25, 0.3) is 0 Å². The number of anilines is 2. The van der Waals surface area contributed by atoms with E-state index in [0.29, 0.717) is 37.1 Å². The second kappa shape index (κ2) is 12.4. The number of carbonyl (C=O) groups is 2. The van der Waals surface area contributed by atoms with Gasteiger partial charge in [0.1, 0.15) is 24.8 Å². The Hall–Kier alpha value is -3.48. The first-order valence-electron chi connectivity index (χ1n) is 13.3. The Kier molecular flexibility index (Phi) is 9.12. The molecule has 1 saturated carbocycles. The van der Waals surface area contributed by atoms with Crippen molar-refractivity contribution in [3.63, 3.8) is 0 Å². The van der Waals surface area contributed by atoms with Gasteiger partial charge in [0.2, 0.25) is 5.95 Å². The molecule has 0 unspecified atom stereocenters. The molecular weight excluding hydrogens is 534 g/mol. The average molecular weight is 568 g/mol. The van der Waals surface area contributed by atoms with E-state index in [-0.39, 0.29) is 36.1 Å². The number of nitrogens with one attached hydrogen (secondary N) is 2. The number of amides is 2. The monoisotopic (exact) mass is 567 g/mol. The number of ether oxygens (including phenoxy) is 2. The highest BCUT2D eigenvalue weighted by molar-refractivity contribution is 5.94. The molecule has 1 aromatic carbocycles. The van der Waals surface area contributed by atoms with Crippen LogP contribution >= 0.6 is 0 Å². The van der Waals surface area contributed by atoms with Crippen LogP contribution in [0.5, 0.6) is 0 Å². The zero-order valence-corrected chi connectivity index (χ0v) is 22.5. The predicted octanol–water partition coefficient (Wildman–Crippen LogP) is 5.39. The molecule has 2 heterocycles. The van der Waals surface area contributed by atoms with Crippen LogP contribution in [0, 0.1) is 11.7 Å². The summed E-state index contributed by atoms with van der Waals surface area (Å²) in [6.07, 6.45) is -2.19. The lowest BCUT2D eigenvalue weighted by Crippen LogP contribution is -2.40. The van der Waals surface area contributed by atoms with Gasteiger partial charge < -0.3 is 20.1 Å². The Morgan fingerprint density at radius 2 is 1.90 bits per heavy atom. The normalized spacial score (nSPS) is 22.2. The van der Waals surface area contributed by atoms with Crippen LogP contribution in [0.2, 0.25) is 0 Å². The number of rotatable bonds is 9. The second-order valence-electron chi connectivity index (χ2n) is 10.5. The van der Waals surface area contributed by atoms with Gasteiger partial charge in [0, 0.05) is 12.2 Å². The van der Waals surface area contributed by atoms with Crippen molar-refractivity contribution < 1.29 is 36.6 Å². The fourth-order valence-corrected chi connectivity index (χ4v) is 4.85. The van der Waals surface area contributed by atoms with Gasteiger partial charge in [-0.2, -0.15) is 18.2 Å². The van der Waals surface area contributed by atoms with E-state index in [1.54, 1.807) is 19.1 Å². The zero-order valence-electron chi connectivity index (χ0n) is 22.5. The van der Waals surface area contributed by atoms with Crippen LogP contribution in [0.4, 0.5) is 34.1 Å². The lowest BCUT2D eigenvalue weighted by molar-refractivity contribution is -0.188. The predicted molar refractivity (Wildman–Crippen MR) is 138 cm³/mol. The summed E-state index contributed by atoms with van der Waals surface area (Å²) in [5, 5.41) is 5.87. The van der Waals surface area contributed by atoms with Gasteiger partial charge >= 0.3 is 12.3 Å². The number of nitrogens with zero attached hydrogens (tertiary/aromatic N) is 3. The van der Waals surface area contributed by atoms with Crippen LogP contribution in [0.3, 0.4) is 0 Å². The summed E-state index contributed by atoms with van der Waals surface area (Å²) in [5.41, 5.74) is 0.419. The number of benzene rings is 1. The molecule has 0 bridgehead atoms. The summed E-state index contributed by atoms with van der Waals surface area (Å²) in [7, 11) is 0. The minimum Gasteiger partial charge on any atom is -0.447 e. The molecule has 218 valence electrons. The maximum atomic E-state index is 15.0. The van der Waals surface area contributed by atoms with Crippen LogP contribution in [-0.2, 0) is 9.47 Å². The Labute approximate surface area is 229 Å². The third-order valence-electron chi connectivity index (χ3n) is 7.14. The molecule has 40 heavy (non-hydrogen) atoms. The summed E-state index contributed by atoms with van der Waals surface area (Å²) in [4.78, 5) is 35.1. The topological polar surface area (TPSA) is 106 Å². The molecule has 2 fully saturated rings. The highest BCUT2D eigenvalue weighted by atomic mass is 19.4. The zero-order chi connectivity index (χ0) is 29.0. The molecule has 1 aromatic heterocycles. The summed E-state index contributed by atoms with van der Waals surface area (Å²) in [6.45, 7) is 4.75. The molecule has 2 atom stereocenters.